The Morgan fingerprint density at radius 1 is 1.12 bits per heavy atom. The molecular weight excluding hydrogens is 300 g/mol. The topological polar surface area (TPSA) is 50.3 Å². The van der Waals surface area contributed by atoms with Crippen LogP contribution in [0, 0.1) is 5.92 Å². The van der Waals surface area contributed by atoms with Crippen LogP contribution in [-0.4, -0.2) is 47.4 Å². The lowest BCUT2D eigenvalue weighted by molar-refractivity contribution is 0.0457. The van der Waals surface area contributed by atoms with E-state index in [1.54, 1.807) is 7.11 Å². The Kier molecular flexibility index (Phi) is 4.10. The van der Waals surface area contributed by atoms with E-state index in [0.717, 1.165) is 28.7 Å². The van der Waals surface area contributed by atoms with Crippen LogP contribution in [0.5, 0.6) is 5.75 Å². The van der Waals surface area contributed by atoms with Crippen molar-refractivity contribution in [1.82, 2.24) is 15.1 Å². The van der Waals surface area contributed by atoms with E-state index in [1.165, 1.54) is 25.9 Å². The van der Waals surface area contributed by atoms with Crippen LogP contribution in [0.1, 0.15) is 19.8 Å². The van der Waals surface area contributed by atoms with Crippen molar-refractivity contribution in [1.29, 1.82) is 0 Å². The third-order valence-electron chi connectivity index (χ3n) is 5.52. The summed E-state index contributed by atoms with van der Waals surface area (Å²) >= 11 is 0. The largest absolute Gasteiger partial charge is 0.497 e. The zero-order valence-electron chi connectivity index (χ0n) is 14.3. The molecule has 3 aliphatic heterocycles. The molecule has 1 N–H and O–H groups in total. The minimum Gasteiger partial charge on any atom is -0.497 e. The summed E-state index contributed by atoms with van der Waals surface area (Å²) in [6.07, 6.45) is 2.58. The Labute approximate surface area is 143 Å². The lowest BCUT2D eigenvalue weighted by atomic mass is 9.79. The summed E-state index contributed by atoms with van der Waals surface area (Å²) in [7, 11) is 1.67. The van der Waals surface area contributed by atoms with Crippen LogP contribution in [0.15, 0.2) is 36.4 Å². The molecule has 5 rings (SSSR count). The van der Waals surface area contributed by atoms with Crippen LogP contribution in [0.4, 0.5) is 5.82 Å². The Morgan fingerprint density at radius 3 is 2.62 bits per heavy atom. The fourth-order valence-corrected chi connectivity index (χ4v) is 4.06. The van der Waals surface area contributed by atoms with E-state index in [9.17, 15) is 0 Å². The molecule has 0 unspecified atom stereocenters. The Balaban J connectivity index is 1.50. The van der Waals surface area contributed by atoms with E-state index < -0.39 is 0 Å². The number of methoxy groups -OCH3 is 1. The summed E-state index contributed by atoms with van der Waals surface area (Å²) in [5.41, 5.74) is 1.88. The Morgan fingerprint density at radius 2 is 1.96 bits per heavy atom. The second kappa shape index (κ2) is 6.40. The summed E-state index contributed by atoms with van der Waals surface area (Å²) in [5.74, 6) is 2.45. The molecule has 1 aromatic carbocycles. The minimum absolute atomic E-state index is 0.476. The van der Waals surface area contributed by atoms with E-state index in [2.05, 4.69) is 27.3 Å². The highest BCUT2D eigenvalue weighted by Gasteiger charge is 2.39. The molecule has 24 heavy (non-hydrogen) atoms. The molecule has 2 bridgehead atoms. The maximum Gasteiger partial charge on any atom is 0.148 e. The van der Waals surface area contributed by atoms with Crippen molar-refractivity contribution in [3.05, 3.63) is 36.4 Å². The number of benzene rings is 1. The van der Waals surface area contributed by atoms with Crippen molar-refractivity contribution in [3.63, 3.8) is 0 Å². The molecule has 3 saturated heterocycles. The smallest absolute Gasteiger partial charge is 0.148 e. The van der Waals surface area contributed by atoms with Crippen molar-refractivity contribution in [2.75, 3.05) is 25.5 Å². The number of fused-ring (bicyclic) bond motifs is 3. The van der Waals surface area contributed by atoms with Gasteiger partial charge in [-0.25, -0.2) is 0 Å². The van der Waals surface area contributed by atoms with Gasteiger partial charge in [-0.05, 0) is 63.0 Å². The quantitative estimate of drug-likeness (QED) is 0.937. The molecule has 5 nitrogen and oxygen atoms in total. The van der Waals surface area contributed by atoms with Crippen LogP contribution < -0.4 is 10.1 Å². The number of hydrogen-bond acceptors (Lipinski definition) is 5. The van der Waals surface area contributed by atoms with Gasteiger partial charge in [-0.2, -0.15) is 0 Å². The summed E-state index contributed by atoms with van der Waals surface area (Å²) in [6.45, 7) is 4.80. The number of anilines is 1. The van der Waals surface area contributed by atoms with Gasteiger partial charge in [0.05, 0.1) is 12.8 Å². The van der Waals surface area contributed by atoms with E-state index in [1.807, 2.05) is 36.4 Å². The van der Waals surface area contributed by atoms with Gasteiger partial charge in [-0.3, -0.25) is 4.90 Å². The van der Waals surface area contributed by atoms with Crippen molar-refractivity contribution in [2.24, 2.45) is 5.92 Å². The molecule has 3 fully saturated rings. The first-order valence-electron chi connectivity index (χ1n) is 8.73. The van der Waals surface area contributed by atoms with Gasteiger partial charge in [0.1, 0.15) is 11.6 Å². The molecular formula is C19H24N4O. The number of nitrogens with zero attached hydrogens (tertiary/aromatic N) is 3. The van der Waals surface area contributed by atoms with Gasteiger partial charge in [0.2, 0.25) is 0 Å². The normalized spacial score (nSPS) is 28.6. The number of aromatic nitrogens is 2. The third-order valence-corrected chi connectivity index (χ3v) is 5.52. The van der Waals surface area contributed by atoms with Crippen LogP contribution >= 0.6 is 0 Å². The van der Waals surface area contributed by atoms with E-state index in [4.69, 9.17) is 4.74 Å². The molecule has 0 saturated carbocycles. The first-order chi connectivity index (χ1) is 11.7. The summed E-state index contributed by atoms with van der Waals surface area (Å²) in [6, 6.07) is 13.0. The Bertz CT molecular complexity index is 693. The molecule has 3 aliphatic rings. The monoisotopic (exact) mass is 324 g/mol. The average Bonchev–Trinajstić information content (AvgIpc) is 2.65. The van der Waals surface area contributed by atoms with Crippen molar-refractivity contribution < 1.29 is 4.74 Å². The second-order valence-electron chi connectivity index (χ2n) is 6.82. The number of rotatable bonds is 4. The molecule has 0 aliphatic carbocycles. The zero-order valence-corrected chi connectivity index (χ0v) is 14.3. The average molecular weight is 324 g/mol. The van der Waals surface area contributed by atoms with Crippen LogP contribution in [0.25, 0.3) is 11.3 Å². The molecule has 4 heterocycles. The van der Waals surface area contributed by atoms with Crippen LogP contribution in [0.3, 0.4) is 0 Å². The molecule has 2 atom stereocenters. The highest BCUT2D eigenvalue weighted by Crippen LogP contribution is 2.33. The minimum atomic E-state index is 0.476. The summed E-state index contributed by atoms with van der Waals surface area (Å²) < 4.78 is 5.28. The highest BCUT2D eigenvalue weighted by atomic mass is 16.5. The second-order valence-corrected chi connectivity index (χ2v) is 6.82. The summed E-state index contributed by atoms with van der Waals surface area (Å²) in [5, 5.41) is 12.4. The lowest BCUT2D eigenvalue weighted by Crippen LogP contribution is -2.59. The number of ether oxygens (including phenoxy) is 1. The van der Waals surface area contributed by atoms with E-state index >= 15 is 0 Å². The van der Waals surface area contributed by atoms with Crippen LogP contribution in [0.2, 0.25) is 0 Å². The van der Waals surface area contributed by atoms with Gasteiger partial charge in [-0.15, -0.1) is 10.2 Å². The van der Waals surface area contributed by atoms with Gasteiger partial charge in [0, 0.05) is 17.6 Å². The Hall–Kier alpha value is -2.14. The first-order valence-corrected chi connectivity index (χ1v) is 8.73. The molecule has 0 spiro atoms. The van der Waals surface area contributed by atoms with Gasteiger partial charge in [0.15, 0.2) is 0 Å². The molecule has 0 amide bonds. The third kappa shape index (κ3) is 2.84. The molecule has 0 radical (unpaired) electrons. The number of nitrogens with one attached hydrogen (secondary N) is 1. The predicted molar refractivity (Wildman–Crippen MR) is 95.2 cm³/mol. The zero-order chi connectivity index (χ0) is 16.5. The van der Waals surface area contributed by atoms with Gasteiger partial charge < -0.3 is 10.1 Å². The van der Waals surface area contributed by atoms with E-state index in [-0.39, 0.29) is 0 Å². The van der Waals surface area contributed by atoms with Crippen LogP contribution in [-0.2, 0) is 0 Å². The molecule has 126 valence electrons. The fourth-order valence-electron chi connectivity index (χ4n) is 4.06. The first kappa shape index (κ1) is 15.4. The maximum atomic E-state index is 5.28. The number of hydrogen-bond donors (Lipinski definition) is 1. The molecule has 5 heteroatoms. The lowest BCUT2D eigenvalue weighted by Gasteiger charge is -2.50. The highest BCUT2D eigenvalue weighted by molar-refractivity contribution is 5.61. The standard InChI is InChI=1S/C19H24N4O/c1-13-19(14-8-10-23(13)11-9-14)20-18-7-6-17(21-22-18)15-4-3-5-16(12-15)24-2/h3-7,12-14,19H,8-11H2,1-2H3,(H,20,22)/t13-,19+/m1/s1. The van der Waals surface area contributed by atoms with Gasteiger partial charge in [-0.1, -0.05) is 12.1 Å². The van der Waals surface area contributed by atoms with Gasteiger partial charge >= 0.3 is 0 Å². The van der Waals surface area contributed by atoms with Crippen molar-refractivity contribution in [3.8, 4) is 17.0 Å². The predicted octanol–water partition coefficient (Wildman–Crippen LogP) is 3.05. The molecule has 2 aromatic rings. The summed E-state index contributed by atoms with van der Waals surface area (Å²) in [4.78, 5) is 2.58. The van der Waals surface area contributed by atoms with E-state index in [0.29, 0.717) is 12.1 Å². The van der Waals surface area contributed by atoms with Gasteiger partial charge in [0.25, 0.3) is 0 Å². The number of piperidine rings is 3. The van der Waals surface area contributed by atoms with Crippen molar-refractivity contribution >= 4 is 5.82 Å². The van der Waals surface area contributed by atoms with Crippen molar-refractivity contribution in [2.45, 2.75) is 31.8 Å². The maximum absolute atomic E-state index is 5.28. The SMILES string of the molecule is COc1cccc(-c2ccc(N[C@@H]3C4CCN(CC4)[C@@H]3C)nn2)c1. The fraction of sp³-hybridized carbons (Fsp3) is 0.474. The molecule has 1 aromatic heterocycles.